The minimum atomic E-state index is -0.402. The van der Waals surface area contributed by atoms with Gasteiger partial charge in [-0.2, -0.15) is 0 Å². The quantitative estimate of drug-likeness (QED) is 0.658. The Kier molecular flexibility index (Phi) is 4.29. The van der Waals surface area contributed by atoms with Gasteiger partial charge in [0.1, 0.15) is 6.04 Å². The molecule has 2 unspecified atom stereocenters. The Labute approximate surface area is 95.9 Å². The van der Waals surface area contributed by atoms with Crippen molar-refractivity contribution in [3.8, 4) is 0 Å². The molecule has 1 heterocycles. The third-order valence-electron chi connectivity index (χ3n) is 3.13. The molecule has 0 radical (unpaired) electrons. The van der Waals surface area contributed by atoms with Gasteiger partial charge in [0.2, 0.25) is 0 Å². The lowest BCUT2D eigenvalue weighted by Crippen LogP contribution is -2.70. The standard InChI is InChI=1S/C11H20N2O3/c1-7(2)9(12)10(14)13-6-4-5-8(13)11(15)16-3/h7-9H,4-6,12H2,1-3H3/p+1. The van der Waals surface area contributed by atoms with Crippen LogP contribution in [0.25, 0.3) is 0 Å². The fraction of sp³-hybridized carbons (Fsp3) is 0.818. The summed E-state index contributed by atoms with van der Waals surface area (Å²) in [5, 5.41) is 0. The fourth-order valence-corrected chi connectivity index (χ4v) is 1.91. The Balaban J connectivity index is 2.71. The number of esters is 1. The van der Waals surface area contributed by atoms with Crippen LogP contribution in [0.1, 0.15) is 26.7 Å². The summed E-state index contributed by atoms with van der Waals surface area (Å²) < 4.78 is 4.70. The summed E-state index contributed by atoms with van der Waals surface area (Å²) in [4.78, 5) is 25.2. The van der Waals surface area contributed by atoms with Gasteiger partial charge in [0, 0.05) is 12.5 Å². The van der Waals surface area contributed by atoms with E-state index in [0.29, 0.717) is 13.0 Å². The largest absolute Gasteiger partial charge is 0.467 e. The van der Waals surface area contributed by atoms with Crippen molar-refractivity contribution < 1.29 is 20.1 Å². The van der Waals surface area contributed by atoms with Gasteiger partial charge in [-0.1, -0.05) is 13.8 Å². The lowest BCUT2D eigenvalue weighted by atomic mass is 10.0. The number of carbonyl (C=O) groups is 2. The minimum absolute atomic E-state index is 0.0390. The normalized spacial score (nSPS) is 22.3. The smallest absolute Gasteiger partial charge is 0.328 e. The lowest BCUT2D eigenvalue weighted by molar-refractivity contribution is -0.416. The third-order valence-corrected chi connectivity index (χ3v) is 3.13. The summed E-state index contributed by atoms with van der Waals surface area (Å²) in [6.45, 7) is 4.55. The van der Waals surface area contributed by atoms with Crippen molar-refractivity contribution in [1.82, 2.24) is 4.90 Å². The molecule has 3 N–H and O–H groups in total. The van der Waals surface area contributed by atoms with Crippen molar-refractivity contribution in [2.24, 2.45) is 5.92 Å². The van der Waals surface area contributed by atoms with Crippen LogP contribution < -0.4 is 5.73 Å². The van der Waals surface area contributed by atoms with Gasteiger partial charge in [0.05, 0.1) is 7.11 Å². The van der Waals surface area contributed by atoms with Crippen LogP contribution in [-0.4, -0.2) is 42.5 Å². The zero-order valence-electron chi connectivity index (χ0n) is 10.2. The maximum absolute atomic E-state index is 12.1. The van der Waals surface area contributed by atoms with Crippen molar-refractivity contribution in [1.29, 1.82) is 0 Å². The summed E-state index contributed by atoms with van der Waals surface area (Å²) >= 11 is 0. The average Bonchev–Trinajstić information content (AvgIpc) is 2.74. The zero-order valence-corrected chi connectivity index (χ0v) is 10.2. The molecule has 0 aromatic carbocycles. The highest BCUT2D eigenvalue weighted by atomic mass is 16.5. The second kappa shape index (κ2) is 5.30. The van der Waals surface area contributed by atoms with Crippen molar-refractivity contribution in [3.05, 3.63) is 0 Å². The van der Waals surface area contributed by atoms with E-state index in [1.807, 2.05) is 13.8 Å². The second-order valence-corrected chi connectivity index (χ2v) is 4.56. The van der Waals surface area contributed by atoms with E-state index in [0.717, 1.165) is 6.42 Å². The first kappa shape index (κ1) is 13.0. The van der Waals surface area contributed by atoms with E-state index in [1.54, 1.807) is 4.90 Å². The van der Waals surface area contributed by atoms with Crippen LogP contribution in [0.5, 0.6) is 0 Å². The van der Waals surface area contributed by atoms with Gasteiger partial charge in [-0.25, -0.2) is 4.79 Å². The van der Waals surface area contributed by atoms with E-state index in [1.165, 1.54) is 7.11 Å². The number of likely N-dealkylation sites (tertiary alicyclic amines) is 1. The Morgan fingerprint density at radius 1 is 1.44 bits per heavy atom. The predicted octanol–water partition coefficient (Wildman–Crippen LogP) is -0.583. The van der Waals surface area contributed by atoms with Gasteiger partial charge in [-0.15, -0.1) is 0 Å². The molecule has 16 heavy (non-hydrogen) atoms. The van der Waals surface area contributed by atoms with E-state index in [9.17, 15) is 9.59 Å². The van der Waals surface area contributed by atoms with Gasteiger partial charge in [0.25, 0.3) is 5.91 Å². The molecule has 0 aromatic heterocycles. The average molecular weight is 229 g/mol. The molecule has 1 rings (SSSR count). The van der Waals surface area contributed by atoms with E-state index in [2.05, 4.69) is 5.73 Å². The summed E-state index contributed by atoms with van der Waals surface area (Å²) in [5.41, 5.74) is 3.86. The minimum Gasteiger partial charge on any atom is -0.467 e. The summed E-state index contributed by atoms with van der Waals surface area (Å²) in [6.07, 6.45) is 1.56. The molecule has 5 heteroatoms. The molecule has 0 saturated carbocycles. The first-order valence-electron chi connectivity index (χ1n) is 5.70. The van der Waals surface area contributed by atoms with E-state index < -0.39 is 6.04 Å². The molecule has 0 spiro atoms. The number of hydrogen-bond donors (Lipinski definition) is 1. The van der Waals surface area contributed by atoms with Crippen molar-refractivity contribution in [2.45, 2.75) is 38.8 Å². The van der Waals surface area contributed by atoms with E-state index in [4.69, 9.17) is 4.74 Å². The maximum atomic E-state index is 12.1. The number of ether oxygens (including phenoxy) is 1. The molecule has 1 fully saturated rings. The zero-order chi connectivity index (χ0) is 12.3. The van der Waals surface area contributed by atoms with Crippen LogP contribution >= 0.6 is 0 Å². The van der Waals surface area contributed by atoms with Gasteiger partial charge in [0.15, 0.2) is 6.04 Å². The molecule has 0 aliphatic carbocycles. The number of amides is 1. The molecule has 92 valence electrons. The molecule has 1 aliphatic rings. The van der Waals surface area contributed by atoms with Crippen LogP contribution in [0.4, 0.5) is 0 Å². The Bertz CT molecular complexity index is 278. The Morgan fingerprint density at radius 2 is 2.06 bits per heavy atom. The SMILES string of the molecule is COC(=O)C1CCCN1C(=O)C([NH3+])C(C)C. The first-order chi connectivity index (χ1) is 7.49. The second-order valence-electron chi connectivity index (χ2n) is 4.56. The van der Waals surface area contributed by atoms with Gasteiger partial charge < -0.3 is 15.4 Å². The molecule has 1 saturated heterocycles. The summed E-state index contributed by atoms with van der Waals surface area (Å²) in [5.74, 6) is -0.170. The highest BCUT2D eigenvalue weighted by Crippen LogP contribution is 2.19. The molecular formula is C11H21N2O3+. The summed E-state index contributed by atoms with van der Waals surface area (Å²) in [7, 11) is 1.35. The van der Waals surface area contributed by atoms with E-state index >= 15 is 0 Å². The third kappa shape index (κ3) is 2.52. The highest BCUT2D eigenvalue weighted by molar-refractivity contribution is 5.87. The number of rotatable bonds is 3. The van der Waals surface area contributed by atoms with Gasteiger partial charge in [-0.05, 0) is 12.8 Å². The summed E-state index contributed by atoms with van der Waals surface area (Å²) in [6, 6.07) is -0.689. The number of nitrogens with zero attached hydrogens (tertiary/aromatic N) is 1. The number of carbonyl (C=O) groups excluding carboxylic acids is 2. The number of quaternary nitrogens is 1. The Hall–Kier alpha value is -1.10. The highest BCUT2D eigenvalue weighted by Gasteiger charge is 2.38. The topological polar surface area (TPSA) is 74.2 Å². The predicted molar refractivity (Wildman–Crippen MR) is 58.3 cm³/mol. The van der Waals surface area contributed by atoms with Crippen LogP contribution in [-0.2, 0) is 14.3 Å². The molecule has 0 aromatic rings. The van der Waals surface area contributed by atoms with E-state index in [-0.39, 0.29) is 23.8 Å². The Morgan fingerprint density at radius 3 is 2.56 bits per heavy atom. The number of hydrogen-bond acceptors (Lipinski definition) is 3. The monoisotopic (exact) mass is 229 g/mol. The molecule has 2 atom stereocenters. The van der Waals surface area contributed by atoms with Crippen LogP contribution in [0, 0.1) is 5.92 Å². The fourth-order valence-electron chi connectivity index (χ4n) is 1.91. The van der Waals surface area contributed by atoms with Crippen molar-refractivity contribution in [3.63, 3.8) is 0 Å². The van der Waals surface area contributed by atoms with Crippen LogP contribution in [0.15, 0.2) is 0 Å². The number of methoxy groups -OCH3 is 1. The van der Waals surface area contributed by atoms with Gasteiger partial charge >= 0.3 is 5.97 Å². The van der Waals surface area contributed by atoms with Crippen LogP contribution in [0.3, 0.4) is 0 Å². The van der Waals surface area contributed by atoms with Gasteiger partial charge in [-0.3, -0.25) is 4.79 Å². The van der Waals surface area contributed by atoms with Crippen LogP contribution in [0.2, 0.25) is 0 Å². The van der Waals surface area contributed by atoms with Crippen molar-refractivity contribution >= 4 is 11.9 Å². The lowest BCUT2D eigenvalue weighted by Gasteiger charge is -2.25. The first-order valence-corrected chi connectivity index (χ1v) is 5.70. The molecule has 0 bridgehead atoms. The van der Waals surface area contributed by atoms with Crippen molar-refractivity contribution in [2.75, 3.05) is 13.7 Å². The molecule has 5 nitrogen and oxygen atoms in total. The maximum Gasteiger partial charge on any atom is 0.328 e. The molecule has 1 amide bonds. The molecule has 1 aliphatic heterocycles. The molecular weight excluding hydrogens is 208 g/mol.